The van der Waals surface area contributed by atoms with Crippen LogP contribution in [0.25, 0.3) is 0 Å². The van der Waals surface area contributed by atoms with Gasteiger partial charge in [0.15, 0.2) is 8.32 Å². The lowest BCUT2D eigenvalue weighted by atomic mass is 9.59. The monoisotopic (exact) mass is 548 g/mol. The molecule has 1 saturated carbocycles. The normalized spacial score (nSPS) is 37.5. The topological polar surface area (TPSA) is 71.1 Å². The molecule has 8 atom stereocenters. The smallest absolute Gasteiger partial charge is 0.311 e. The van der Waals surface area contributed by atoms with Crippen LogP contribution in [0.3, 0.4) is 0 Å². The van der Waals surface area contributed by atoms with Crippen LogP contribution in [0.5, 0.6) is 0 Å². The third kappa shape index (κ3) is 5.95. The molecule has 38 heavy (non-hydrogen) atoms. The third-order valence-electron chi connectivity index (χ3n) is 10.5. The first-order valence-electron chi connectivity index (χ1n) is 15.0. The fourth-order valence-corrected chi connectivity index (χ4v) is 8.12. The summed E-state index contributed by atoms with van der Waals surface area (Å²) in [4.78, 5) is 25.8. The SMILES string of the molecule is CCC(C)(C)C(=O)O[C@H]1C[C@@H]2CO[C@]3(C=C[C@H](C)[C@H](CC[C@H]4C[C@@H](O[Si](C)(C)C(C)(C)C)CC(=O)O4)[C@@H]13)C2. The van der Waals surface area contributed by atoms with Crippen LogP contribution in [0.1, 0.15) is 93.4 Å². The molecule has 7 heteroatoms. The molecule has 4 aliphatic rings. The Bertz CT molecular complexity index is 920. The van der Waals surface area contributed by atoms with E-state index < -0.39 is 13.7 Å². The predicted octanol–water partition coefficient (Wildman–Crippen LogP) is 6.83. The molecule has 0 unspecified atom stereocenters. The van der Waals surface area contributed by atoms with Gasteiger partial charge in [0, 0.05) is 12.3 Å². The maximum atomic E-state index is 13.2. The van der Waals surface area contributed by atoms with Gasteiger partial charge in [0.25, 0.3) is 0 Å². The number of carbonyl (C=O) groups is 2. The molecular weight excluding hydrogens is 496 g/mol. The van der Waals surface area contributed by atoms with Gasteiger partial charge in [-0.15, -0.1) is 0 Å². The van der Waals surface area contributed by atoms with E-state index in [4.69, 9.17) is 18.6 Å². The van der Waals surface area contributed by atoms with Crippen molar-refractivity contribution in [2.75, 3.05) is 6.61 Å². The minimum absolute atomic E-state index is 0.0734. The molecule has 2 saturated heterocycles. The molecule has 216 valence electrons. The van der Waals surface area contributed by atoms with E-state index >= 15 is 0 Å². The molecule has 0 aromatic rings. The lowest BCUT2D eigenvalue weighted by molar-refractivity contribution is -0.176. The van der Waals surface area contributed by atoms with Gasteiger partial charge in [-0.25, -0.2) is 0 Å². The molecule has 0 aromatic heterocycles. The number of allylic oxidation sites excluding steroid dienone is 1. The third-order valence-corrected chi connectivity index (χ3v) is 15.1. The minimum Gasteiger partial charge on any atom is -0.462 e. The van der Waals surface area contributed by atoms with Crippen LogP contribution in [0.4, 0.5) is 0 Å². The van der Waals surface area contributed by atoms with Gasteiger partial charge in [0.2, 0.25) is 0 Å². The molecule has 2 bridgehead atoms. The maximum absolute atomic E-state index is 13.2. The maximum Gasteiger partial charge on any atom is 0.311 e. The van der Waals surface area contributed by atoms with Crippen LogP contribution in [0, 0.1) is 29.1 Å². The number of carbonyl (C=O) groups excluding carboxylic acids is 2. The molecule has 4 rings (SSSR count). The Morgan fingerprint density at radius 2 is 1.87 bits per heavy atom. The summed E-state index contributed by atoms with van der Waals surface area (Å²) < 4.78 is 25.3. The highest BCUT2D eigenvalue weighted by Gasteiger charge is 2.59. The van der Waals surface area contributed by atoms with E-state index in [0.717, 1.165) is 45.1 Å². The Morgan fingerprint density at radius 1 is 1.16 bits per heavy atom. The molecule has 2 aliphatic heterocycles. The molecule has 2 aliphatic carbocycles. The summed E-state index contributed by atoms with van der Waals surface area (Å²) in [7, 11) is -1.98. The Kier molecular flexibility index (Phi) is 8.36. The van der Waals surface area contributed by atoms with Gasteiger partial charge in [-0.1, -0.05) is 46.8 Å². The van der Waals surface area contributed by atoms with Crippen LogP contribution in [0.2, 0.25) is 18.1 Å². The average Bonchev–Trinajstić information content (AvgIpc) is 3.14. The number of hydrogen-bond acceptors (Lipinski definition) is 6. The van der Waals surface area contributed by atoms with Crippen molar-refractivity contribution in [3.05, 3.63) is 12.2 Å². The molecule has 6 nitrogen and oxygen atoms in total. The van der Waals surface area contributed by atoms with Gasteiger partial charge in [-0.3, -0.25) is 9.59 Å². The zero-order valence-corrected chi connectivity index (χ0v) is 26.3. The number of esters is 2. The molecule has 0 radical (unpaired) electrons. The Labute approximate surface area is 231 Å². The van der Waals surface area contributed by atoms with Crippen LogP contribution in [0.15, 0.2) is 12.2 Å². The minimum atomic E-state index is -1.98. The van der Waals surface area contributed by atoms with Crippen molar-refractivity contribution in [1.82, 2.24) is 0 Å². The summed E-state index contributed by atoms with van der Waals surface area (Å²) >= 11 is 0. The van der Waals surface area contributed by atoms with Crippen LogP contribution < -0.4 is 0 Å². The lowest BCUT2D eigenvalue weighted by Gasteiger charge is -2.50. The van der Waals surface area contributed by atoms with Crippen molar-refractivity contribution in [1.29, 1.82) is 0 Å². The fraction of sp³-hybridized carbons (Fsp3) is 0.871. The van der Waals surface area contributed by atoms with Gasteiger partial charge >= 0.3 is 11.9 Å². The predicted molar refractivity (Wildman–Crippen MR) is 151 cm³/mol. The van der Waals surface area contributed by atoms with Gasteiger partial charge in [0.05, 0.1) is 30.1 Å². The molecule has 0 N–H and O–H groups in total. The second-order valence-corrected chi connectivity index (χ2v) is 19.5. The second-order valence-electron chi connectivity index (χ2n) is 14.8. The highest BCUT2D eigenvalue weighted by Crippen LogP contribution is 2.55. The van der Waals surface area contributed by atoms with E-state index in [9.17, 15) is 9.59 Å². The van der Waals surface area contributed by atoms with E-state index in [-0.39, 0.29) is 46.8 Å². The van der Waals surface area contributed by atoms with Crippen molar-refractivity contribution in [2.24, 2.45) is 29.1 Å². The standard InChI is InChI=1S/C31H52O6Si/c1-10-30(6,7)28(33)36-25-15-21-18-31(34-19-21)14-13-20(2)24(27(25)31)12-11-22-16-23(17-26(32)35-22)37-38(8,9)29(3,4)5/h13-14,20-25,27H,10-12,15-19H2,1-9H3/t20-,21-,22-,23+,24-,25-,27-,31+/m0/s1. The Morgan fingerprint density at radius 3 is 2.53 bits per heavy atom. The Hall–Kier alpha value is -1.18. The Balaban J connectivity index is 1.48. The molecule has 2 heterocycles. The van der Waals surface area contributed by atoms with Gasteiger partial charge in [-0.05, 0) is 81.8 Å². The van der Waals surface area contributed by atoms with Gasteiger partial charge in [0.1, 0.15) is 12.2 Å². The van der Waals surface area contributed by atoms with E-state index in [1.165, 1.54) is 0 Å². The van der Waals surface area contributed by atoms with Crippen molar-refractivity contribution in [3.63, 3.8) is 0 Å². The van der Waals surface area contributed by atoms with Crippen molar-refractivity contribution in [2.45, 2.75) is 135 Å². The summed E-state index contributed by atoms with van der Waals surface area (Å²) in [6.07, 6.45) is 9.65. The average molecular weight is 549 g/mol. The zero-order valence-electron chi connectivity index (χ0n) is 25.3. The molecule has 3 fully saturated rings. The first-order valence-corrected chi connectivity index (χ1v) is 17.9. The largest absolute Gasteiger partial charge is 0.462 e. The van der Waals surface area contributed by atoms with Gasteiger partial charge < -0.3 is 18.6 Å². The van der Waals surface area contributed by atoms with E-state index in [0.29, 0.717) is 24.2 Å². The fourth-order valence-electron chi connectivity index (χ4n) is 6.75. The first kappa shape index (κ1) is 29.8. The number of ether oxygens (including phenoxy) is 3. The summed E-state index contributed by atoms with van der Waals surface area (Å²) in [5, 5.41) is 0.0982. The highest BCUT2D eigenvalue weighted by atomic mass is 28.4. The van der Waals surface area contributed by atoms with E-state index in [1.807, 2.05) is 20.8 Å². The van der Waals surface area contributed by atoms with Crippen LogP contribution in [-0.4, -0.2) is 50.8 Å². The van der Waals surface area contributed by atoms with Crippen molar-refractivity contribution in [3.8, 4) is 0 Å². The summed E-state index contributed by atoms with van der Waals surface area (Å²) in [6.45, 7) is 20.2. The van der Waals surface area contributed by atoms with Crippen LogP contribution in [-0.2, 0) is 28.2 Å². The summed E-state index contributed by atoms with van der Waals surface area (Å²) in [5.74, 6) is 0.935. The van der Waals surface area contributed by atoms with Crippen molar-refractivity contribution < 1.29 is 28.2 Å². The number of fused-ring (bicyclic) bond motifs is 1. The van der Waals surface area contributed by atoms with Gasteiger partial charge in [-0.2, -0.15) is 0 Å². The zero-order chi connectivity index (χ0) is 28.1. The van der Waals surface area contributed by atoms with E-state index in [2.05, 4.69) is 52.9 Å². The second kappa shape index (κ2) is 10.7. The quantitative estimate of drug-likeness (QED) is 0.188. The highest BCUT2D eigenvalue weighted by molar-refractivity contribution is 6.74. The molecule has 0 aromatic carbocycles. The van der Waals surface area contributed by atoms with Crippen LogP contribution >= 0.6 is 0 Å². The number of cyclic esters (lactones) is 1. The molecule has 1 spiro atoms. The number of hydrogen-bond donors (Lipinski definition) is 0. The molecule has 0 amide bonds. The summed E-state index contributed by atoms with van der Waals surface area (Å²) in [5.41, 5.74) is -0.843. The number of rotatable bonds is 8. The first-order chi connectivity index (χ1) is 17.6. The molecular formula is C31H52O6Si. The lowest BCUT2D eigenvalue weighted by Crippen LogP contribution is -2.54. The summed E-state index contributed by atoms with van der Waals surface area (Å²) in [6, 6.07) is 0. The van der Waals surface area contributed by atoms with Crippen molar-refractivity contribution >= 4 is 20.3 Å². The van der Waals surface area contributed by atoms with E-state index in [1.54, 1.807) is 0 Å².